The van der Waals surface area contributed by atoms with Crippen LogP contribution in [0.1, 0.15) is 39.9 Å². The van der Waals surface area contributed by atoms with Gasteiger partial charge in [0, 0.05) is 10.9 Å². The molecule has 0 bridgehead atoms. The highest BCUT2D eigenvalue weighted by Gasteiger charge is 2.38. The van der Waals surface area contributed by atoms with Crippen LogP contribution in [-0.4, -0.2) is 5.97 Å². The first kappa shape index (κ1) is 15.6. The van der Waals surface area contributed by atoms with Crippen LogP contribution in [0.4, 0.5) is 5.69 Å². The molecule has 1 aliphatic carbocycles. The Kier molecular flexibility index (Phi) is 3.78. The number of nitrogens with one attached hydrogen (secondary N) is 1. The molecule has 0 saturated heterocycles. The molecule has 4 rings (SSSR count). The fourth-order valence-corrected chi connectivity index (χ4v) is 4.34. The molecular weight excluding hydrogens is 345 g/mol. The van der Waals surface area contributed by atoms with E-state index in [-0.39, 0.29) is 17.5 Å². The molecule has 1 aliphatic heterocycles. The number of aromatic carboxylic acids is 1. The minimum Gasteiger partial charge on any atom is -0.545 e. The molecule has 0 fully saturated rings. The van der Waals surface area contributed by atoms with E-state index in [4.69, 9.17) is 23.2 Å². The maximum atomic E-state index is 10.9. The second kappa shape index (κ2) is 5.83. The van der Waals surface area contributed by atoms with Gasteiger partial charge in [-0.3, -0.25) is 0 Å². The molecule has 0 unspecified atom stereocenters. The highest BCUT2D eigenvalue weighted by Crippen LogP contribution is 2.52. The molecule has 0 spiro atoms. The first-order chi connectivity index (χ1) is 11.5. The number of carboxylic acid groups (broad SMARTS) is 1. The summed E-state index contributed by atoms with van der Waals surface area (Å²) in [5.74, 6) is -0.564. The number of anilines is 1. The largest absolute Gasteiger partial charge is 0.545 e. The van der Waals surface area contributed by atoms with E-state index in [9.17, 15) is 9.90 Å². The molecule has 122 valence electrons. The van der Waals surface area contributed by atoms with E-state index in [1.54, 1.807) is 18.2 Å². The van der Waals surface area contributed by atoms with Crippen molar-refractivity contribution >= 4 is 34.9 Å². The van der Waals surface area contributed by atoms with E-state index >= 15 is 0 Å². The lowest BCUT2D eigenvalue weighted by Crippen LogP contribution is -2.29. The van der Waals surface area contributed by atoms with E-state index in [0.29, 0.717) is 16.0 Å². The maximum Gasteiger partial charge on any atom is 0.0715 e. The van der Waals surface area contributed by atoms with Crippen molar-refractivity contribution in [3.63, 3.8) is 0 Å². The Morgan fingerprint density at radius 1 is 1.17 bits per heavy atom. The second-order valence-electron chi connectivity index (χ2n) is 6.24. The molecule has 0 amide bonds. The van der Waals surface area contributed by atoms with Crippen LogP contribution in [0.3, 0.4) is 0 Å². The predicted octanol–water partition coefficient (Wildman–Crippen LogP) is 4.18. The lowest BCUT2D eigenvalue weighted by Gasteiger charge is -2.38. The van der Waals surface area contributed by atoms with Crippen molar-refractivity contribution < 1.29 is 9.90 Å². The Hall–Kier alpha value is -1.97. The van der Waals surface area contributed by atoms with Gasteiger partial charge in [0.2, 0.25) is 0 Å². The molecule has 3 atom stereocenters. The van der Waals surface area contributed by atoms with Gasteiger partial charge in [-0.05, 0) is 41.2 Å². The normalized spacial score (nSPS) is 24.2. The first-order valence-electron chi connectivity index (χ1n) is 7.78. The fraction of sp³-hybridized carbons (Fsp3) is 0.211. The number of carbonyl (C=O) groups is 1. The minimum absolute atomic E-state index is 0.0620. The summed E-state index contributed by atoms with van der Waals surface area (Å²) in [5.41, 5.74) is 3.24. The standard InChI is InChI=1S/C19H15Cl2NO2/c20-12-8-15-13-2-1-3-14(13)17(22-18(15)16(21)9-12)10-4-6-11(7-5-10)19(23)24/h1-2,4-9,13-14,17,22H,3H2,(H,23,24)/p-1/t13-,14+,17-/m0/s1. The smallest absolute Gasteiger partial charge is 0.0715 e. The van der Waals surface area contributed by atoms with Crippen LogP contribution < -0.4 is 10.4 Å². The van der Waals surface area contributed by atoms with Crippen LogP contribution in [-0.2, 0) is 0 Å². The number of fused-ring (bicyclic) bond motifs is 3. The Bertz CT molecular complexity index is 845. The minimum atomic E-state index is -1.17. The number of hydrogen-bond donors (Lipinski definition) is 1. The Labute approximate surface area is 149 Å². The molecule has 1 N–H and O–H groups in total. The van der Waals surface area contributed by atoms with Crippen molar-refractivity contribution in [1.29, 1.82) is 0 Å². The lowest BCUT2D eigenvalue weighted by molar-refractivity contribution is -0.255. The van der Waals surface area contributed by atoms with Gasteiger partial charge in [0.05, 0.1) is 22.7 Å². The Morgan fingerprint density at radius 2 is 1.92 bits per heavy atom. The average molecular weight is 359 g/mol. The van der Waals surface area contributed by atoms with Gasteiger partial charge in [0.15, 0.2) is 0 Å². The molecule has 5 heteroatoms. The number of hydrogen-bond acceptors (Lipinski definition) is 3. The molecule has 3 nitrogen and oxygen atoms in total. The van der Waals surface area contributed by atoms with Gasteiger partial charge in [-0.25, -0.2) is 0 Å². The number of carbonyl (C=O) groups excluding carboxylic acids is 1. The number of halogens is 2. The molecule has 2 aromatic carbocycles. The Balaban J connectivity index is 1.76. The zero-order chi connectivity index (χ0) is 16.8. The van der Waals surface area contributed by atoms with Crippen molar-refractivity contribution in [1.82, 2.24) is 0 Å². The topological polar surface area (TPSA) is 52.2 Å². The summed E-state index contributed by atoms with van der Waals surface area (Å²) in [4.78, 5) is 10.9. The third-order valence-electron chi connectivity index (χ3n) is 4.89. The number of carboxylic acids is 1. The van der Waals surface area contributed by atoms with Crippen LogP contribution >= 0.6 is 23.2 Å². The van der Waals surface area contributed by atoms with Crippen molar-refractivity contribution in [3.8, 4) is 0 Å². The summed E-state index contributed by atoms with van der Waals surface area (Å²) >= 11 is 12.6. The monoisotopic (exact) mass is 358 g/mol. The van der Waals surface area contributed by atoms with Crippen LogP contribution in [0.5, 0.6) is 0 Å². The van der Waals surface area contributed by atoms with Crippen LogP contribution in [0.15, 0.2) is 48.6 Å². The van der Waals surface area contributed by atoms with E-state index in [1.807, 2.05) is 18.2 Å². The quantitative estimate of drug-likeness (QED) is 0.819. The van der Waals surface area contributed by atoms with Crippen molar-refractivity contribution in [3.05, 3.63) is 75.3 Å². The van der Waals surface area contributed by atoms with Crippen molar-refractivity contribution in [2.24, 2.45) is 5.92 Å². The Morgan fingerprint density at radius 3 is 2.62 bits per heavy atom. The molecular formula is C19H14Cl2NO2-. The maximum absolute atomic E-state index is 10.9. The van der Waals surface area contributed by atoms with E-state index in [0.717, 1.165) is 23.2 Å². The van der Waals surface area contributed by atoms with Crippen LogP contribution in [0, 0.1) is 5.92 Å². The predicted molar refractivity (Wildman–Crippen MR) is 93.6 cm³/mol. The lowest BCUT2D eigenvalue weighted by atomic mass is 9.77. The van der Waals surface area contributed by atoms with E-state index in [1.165, 1.54) is 0 Å². The molecule has 2 aromatic rings. The van der Waals surface area contributed by atoms with Crippen molar-refractivity contribution in [2.45, 2.75) is 18.4 Å². The average Bonchev–Trinajstić information content (AvgIpc) is 3.04. The first-order valence-corrected chi connectivity index (χ1v) is 8.53. The van der Waals surface area contributed by atoms with Gasteiger partial charge in [0.1, 0.15) is 0 Å². The number of benzene rings is 2. The molecule has 24 heavy (non-hydrogen) atoms. The zero-order valence-corrected chi connectivity index (χ0v) is 14.1. The van der Waals surface area contributed by atoms with Gasteiger partial charge < -0.3 is 15.2 Å². The zero-order valence-electron chi connectivity index (χ0n) is 12.6. The summed E-state index contributed by atoms with van der Waals surface area (Å²) in [5, 5.41) is 15.7. The second-order valence-corrected chi connectivity index (χ2v) is 7.08. The molecule has 2 aliphatic rings. The number of allylic oxidation sites excluding steroid dienone is 2. The highest BCUT2D eigenvalue weighted by molar-refractivity contribution is 6.36. The fourth-order valence-electron chi connectivity index (χ4n) is 3.78. The summed E-state index contributed by atoms with van der Waals surface area (Å²) < 4.78 is 0. The third-order valence-corrected chi connectivity index (χ3v) is 5.41. The molecule has 0 saturated carbocycles. The molecule has 1 heterocycles. The molecule has 0 aromatic heterocycles. The summed E-state index contributed by atoms with van der Waals surface area (Å²) in [7, 11) is 0. The van der Waals surface area contributed by atoms with E-state index < -0.39 is 5.97 Å². The van der Waals surface area contributed by atoms with Gasteiger partial charge in [0.25, 0.3) is 0 Å². The highest BCUT2D eigenvalue weighted by atomic mass is 35.5. The van der Waals surface area contributed by atoms with Crippen LogP contribution in [0.25, 0.3) is 0 Å². The summed E-state index contributed by atoms with van der Waals surface area (Å²) in [6.45, 7) is 0. The van der Waals surface area contributed by atoms with Crippen LogP contribution in [0.2, 0.25) is 10.0 Å². The van der Waals surface area contributed by atoms with Gasteiger partial charge >= 0.3 is 0 Å². The summed E-state index contributed by atoms with van der Waals surface area (Å²) in [6.07, 6.45) is 5.34. The van der Waals surface area contributed by atoms with E-state index in [2.05, 4.69) is 17.5 Å². The van der Waals surface area contributed by atoms with Crippen molar-refractivity contribution in [2.75, 3.05) is 5.32 Å². The SMILES string of the molecule is O=C([O-])c1ccc([C@@H]2Nc3c(Cl)cc(Cl)cc3[C@H]3C=CC[C@H]32)cc1. The summed E-state index contributed by atoms with van der Waals surface area (Å²) in [6, 6.07) is 10.6. The molecule has 0 radical (unpaired) electrons. The number of rotatable bonds is 2. The van der Waals surface area contributed by atoms with Gasteiger partial charge in [-0.2, -0.15) is 0 Å². The third kappa shape index (κ3) is 2.48. The van der Waals surface area contributed by atoms with Gasteiger partial charge in [-0.15, -0.1) is 0 Å². The van der Waals surface area contributed by atoms with Gasteiger partial charge in [-0.1, -0.05) is 59.6 Å².